The monoisotopic (exact) mass is 458 g/mol. The van der Waals surface area contributed by atoms with Gasteiger partial charge in [-0.3, -0.25) is 14.4 Å². The van der Waals surface area contributed by atoms with Gasteiger partial charge in [-0.15, -0.1) is 0 Å². The zero-order valence-electron chi connectivity index (χ0n) is 19.3. The first-order valence-electron chi connectivity index (χ1n) is 11.4. The van der Waals surface area contributed by atoms with Gasteiger partial charge in [0.05, 0.1) is 25.0 Å². The summed E-state index contributed by atoms with van der Waals surface area (Å²) in [5, 5.41) is 5.82. The van der Waals surface area contributed by atoms with Crippen LogP contribution in [0.3, 0.4) is 0 Å². The molecule has 0 saturated heterocycles. The van der Waals surface area contributed by atoms with Crippen LogP contribution in [0.25, 0.3) is 0 Å². The average molecular weight is 459 g/mol. The summed E-state index contributed by atoms with van der Waals surface area (Å²) in [6.45, 7) is 2.19. The first kappa shape index (κ1) is 24.7. The smallest absolute Gasteiger partial charge is 0.311 e. The van der Waals surface area contributed by atoms with Crippen molar-refractivity contribution in [3.8, 4) is 0 Å². The third-order valence-electron chi connectivity index (χ3n) is 5.42. The van der Waals surface area contributed by atoms with E-state index in [0.717, 1.165) is 11.1 Å². The highest BCUT2D eigenvalue weighted by atomic mass is 16.5. The standard InChI is InChI=1S/C28H30N2O4/c1-2-34-28(33)24(18-21-12-6-3-7-13-21)20-29-26(31)19-25(22-14-8-4-9-15-22)30-27(32)23-16-10-5-11-17-23/h3-17,24-25H,2,18-20H2,1H3,(H,29,31)(H,30,32)/t24-,25+/m0/s1. The summed E-state index contributed by atoms with van der Waals surface area (Å²) in [6.07, 6.45) is 0.510. The Hall–Kier alpha value is -3.93. The van der Waals surface area contributed by atoms with Crippen molar-refractivity contribution in [3.05, 3.63) is 108 Å². The van der Waals surface area contributed by atoms with Crippen LogP contribution in [0.1, 0.15) is 40.9 Å². The number of nitrogens with one attached hydrogen (secondary N) is 2. The van der Waals surface area contributed by atoms with Crippen LogP contribution in [-0.4, -0.2) is 30.9 Å². The molecular formula is C28H30N2O4. The van der Waals surface area contributed by atoms with Crippen molar-refractivity contribution in [1.82, 2.24) is 10.6 Å². The molecule has 0 saturated carbocycles. The maximum atomic E-state index is 12.9. The molecule has 0 radical (unpaired) electrons. The molecule has 6 nitrogen and oxygen atoms in total. The molecule has 0 heterocycles. The number of carbonyl (C=O) groups excluding carboxylic acids is 3. The quantitative estimate of drug-likeness (QED) is 0.424. The first-order chi connectivity index (χ1) is 16.6. The van der Waals surface area contributed by atoms with Crippen molar-refractivity contribution < 1.29 is 19.1 Å². The fourth-order valence-electron chi connectivity index (χ4n) is 3.66. The highest BCUT2D eigenvalue weighted by Gasteiger charge is 2.23. The van der Waals surface area contributed by atoms with Gasteiger partial charge in [-0.1, -0.05) is 78.9 Å². The Morgan fingerprint density at radius 1 is 0.824 bits per heavy atom. The minimum Gasteiger partial charge on any atom is -0.466 e. The number of rotatable bonds is 11. The number of carbonyl (C=O) groups is 3. The van der Waals surface area contributed by atoms with Crippen LogP contribution in [0.2, 0.25) is 0 Å². The van der Waals surface area contributed by atoms with Crippen molar-refractivity contribution in [1.29, 1.82) is 0 Å². The summed E-state index contributed by atoms with van der Waals surface area (Å²) in [4.78, 5) is 38.1. The van der Waals surface area contributed by atoms with Gasteiger partial charge in [0, 0.05) is 12.1 Å². The molecule has 3 aromatic carbocycles. The van der Waals surface area contributed by atoms with Crippen LogP contribution < -0.4 is 10.6 Å². The van der Waals surface area contributed by atoms with Gasteiger partial charge >= 0.3 is 5.97 Å². The highest BCUT2D eigenvalue weighted by molar-refractivity contribution is 5.94. The lowest BCUT2D eigenvalue weighted by Gasteiger charge is -2.21. The maximum Gasteiger partial charge on any atom is 0.311 e. The lowest BCUT2D eigenvalue weighted by molar-refractivity contribution is -0.147. The summed E-state index contributed by atoms with van der Waals surface area (Å²) >= 11 is 0. The van der Waals surface area contributed by atoms with E-state index < -0.39 is 12.0 Å². The third kappa shape index (κ3) is 7.59. The van der Waals surface area contributed by atoms with Crippen LogP contribution in [0, 0.1) is 5.92 Å². The molecule has 2 N–H and O–H groups in total. The second kappa shape index (κ2) is 12.9. The molecular weight excluding hydrogens is 428 g/mol. The summed E-state index contributed by atoms with van der Waals surface area (Å²) < 4.78 is 5.21. The zero-order chi connectivity index (χ0) is 24.2. The van der Waals surface area contributed by atoms with Crippen molar-refractivity contribution >= 4 is 17.8 Å². The van der Waals surface area contributed by atoms with Crippen molar-refractivity contribution in [3.63, 3.8) is 0 Å². The van der Waals surface area contributed by atoms with Crippen molar-refractivity contribution in [2.45, 2.75) is 25.8 Å². The van der Waals surface area contributed by atoms with Crippen LogP contribution in [0.5, 0.6) is 0 Å². The van der Waals surface area contributed by atoms with Crippen molar-refractivity contribution in [2.75, 3.05) is 13.2 Å². The lowest BCUT2D eigenvalue weighted by atomic mass is 9.98. The molecule has 0 unspecified atom stereocenters. The van der Waals surface area contributed by atoms with E-state index in [2.05, 4.69) is 10.6 Å². The molecule has 0 fully saturated rings. The molecule has 3 rings (SSSR count). The predicted molar refractivity (Wildman–Crippen MR) is 131 cm³/mol. The number of hydrogen-bond acceptors (Lipinski definition) is 4. The maximum absolute atomic E-state index is 12.9. The normalized spacial score (nSPS) is 12.3. The van der Waals surface area contributed by atoms with Gasteiger partial charge in [0.15, 0.2) is 0 Å². The number of amides is 2. The van der Waals surface area contributed by atoms with Crippen molar-refractivity contribution in [2.24, 2.45) is 5.92 Å². The number of esters is 1. The summed E-state index contributed by atoms with van der Waals surface area (Å²) in [5.74, 6) is -1.36. The molecule has 2 amide bonds. The van der Waals surface area contributed by atoms with Gasteiger partial charge in [-0.2, -0.15) is 0 Å². The molecule has 2 atom stereocenters. The minimum absolute atomic E-state index is 0.0451. The van der Waals surface area contributed by atoms with E-state index in [0.29, 0.717) is 12.0 Å². The molecule has 6 heteroatoms. The Kier molecular flexibility index (Phi) is 9.40. The van der Waals surface area contributed by atoms with Gasteiger partial charge < -0.3 is 15.4 Å². The van der Waals surface area contributed by atoms with E-state index >= 15 is 0 Å². The molecule has 3 aromatic rings. The molecule has 0 aliphatic carbocycles. The van der Waals surface area contributed by atoms with Gasteiger partial charge in [0.2, 0.25) is 5.91 Å². The van der Waals surface area contributed by atoms with E-state index in [1.54, 1.807) is 31.2 Å². The van der Waals surface area contributed by atoms with Crippen LogP contribution in [0.4, 0.5) is 0 Å². The highest BCUT2D eigenvalue weighted by Crippen LogP contribution is 2.18. The second-order valence-corrected chi connectivity index (χ2v) is 7.95. The zero-order valence-corrected chi connectivity index (χ0v) is 19.3. The van der Waals surface area contributed by atoms with Crippen LogP contribution in [0.15, 0.2) is 91.0 Å². The lowest BCUT2D eigenvalue weighted by Crippen LogP contribution is -2.38. The molecule has 0 spiro atoms. The van der Waals surface area contributed by atoms with Gasteiger partial charge in [0.25, 0.3) is 5.91 Å². The Labute approximate surface area is 200 Å². The number of benzene rings is 3. The molecule has 0 aliphatic rings. The third-order valence-corrected chi connectivity index (χ3v) is 5.42. The fraction of sp³-hybridized carbons (Fsp3) is 0.250. The Bertz CT molecular complexity index is 1060. The summed E-state index contributed by atoms with van der Waals surface area (Å²) in [7, 11) is 0. The van der Waals surface area contributed by atoms with Crippen LogP contribution >= 0.6 is 0 Å². The topological polar surface area (TPSA) is 84.5 Å². The van der Waals surface area contributed by atoms with Crippen LogP contribution in [-0.2, 0) is 20.7 Å². The average Bonchev–Trinajstić information content (AvgIpc) is 2.88. The Balaban J connectivity index is 1.66. The molecule has 0 bridgehead atoms. The minimum atomic E-state index is -0.510. The Morgan fingerprint density at radius 2 is 1.41 bits per heavy atom. The van der Waals surface area contributed by atoms with Gasteiger partial charge in [0.1, 0.15) is 0 Å². The van der Waals surface area contributed by atoms with E-state index in [9.17, 15) is 14.4 Å². The van der Waals surface area contributed by atoms with E-state index in [1.165, 1.54) is 0 Å². The Morgan fingerprint density at radius 3 is 2.03 bits per heavy atom. The molecule has 0 aromatic heterocycles. The fourth-order valence-corrected chi connectivity index (χ4v) is 3.66. The summed E-state index contributed by atoms with van der Waals surface area (Å²) in [6, 6.07) is 27.4. The van der Waals surface area contributed by atoms with Gasteiger partial charge in [-0.25, -0.2) is 0 Å². The number of hydrogen-bond donors (Lipinski definition) is 2. The summed E-state index contributed by atoms with van der Waals surface area (Å²) in [5.41, 5.74) is 2.34. The van der Waals surface area contributed by atoms with E-state index in [4.69, 9.17) is 4.74 Å². The predicted octanol–water partition coefficient (Wildman–Crippen LogP) is 4.09. The van der Waals surface area contributed by atoms with E-state index in [-0.39, 0.29) is 37.4 Å². The SMILES string of the molecule is CCOC(=O)[C@H](CNC(=O)C[C@@H](NC(=O)c1ccccc1)c1ccccc1)Cc1ccccc1. The second-order valence-electron chi connectivity index (χ2n) is 7.95. The first-order valence-corrected chi connectivity index (χ1v) is 11.4. The van der Waals surface area contributed by atoms with Gasteiger partial charge in [-0.05, 0) is 36.6 Å². The molecule has 176 valence electrons. The number of ether oxygens (including phenoxy) is 1. The largest absolute Gasteiger partial charge is 0.466 e. The molecule has 34 heavy (non-hydrogen) atoms. The van der Waals surface area contributed by atoms with E-state index in [1.807, 2.05) is 66.7 Å². The molecule has 0 aliphatic heterocycles.